The first-order valence-electron chi connectivity index (χ1n) is 8.55. The standard InChI is InChI=1S/C21H14F4N2O3/c22-15-7-5-13(6-8-15)20(28)26-19(21(29)27-30)12-3-1-11(2-4-12)14-9-16(23)18(25)17(24)10-14/h1-10,19,30H,(H,26,28)(H,27,29). The molecule has 0 spiro atoms. The molecule has 0 heterocycles. The molecule has 0 aliphatic carbocycles. The number of hydrogen-bond acceptors (Lipinski definition) is 3. The fraction of sp³-hybridized carbons (Fsp3) is 0.0476. The van der Waals surface area contributed by atoms with Gasteiger partial charge in [-0.25, -0.2) is 23.0 Å². The molecule has 0 bridgehead atoms. The molecule has 2 amide bonds. The summed E-state index contributed by atoms with van der Waals surface area (Å²) in [4.78, 5) is 24.4. The summed E-state index contributed by atoms with van der Waals surface area (Å²) in [7, 11) is 0. The molecule has 1 unspecified atom stereocenters. The maximum atomic E-state index is 13.4. The third kappa shape index (κ3) is 4.47. The van der Waals surface area contributed by atoms with E-state index in [0.29, 0.717) is 5.56 Å². The van der Waals surface area contributed by atoms with E-state index in [1.54, 1.807) is 0 Å². The highest BCUT2D eigenvalue weighted by Gasteiger charge is 2.23. The highest BCUT2D eigenvalue weighted by Crippen LogP contribution is 2.25. The molecule has 3 N–H and O–H groups in total. The van der Waals surface area contributed by atoms with Gasteiger partial charge in [-0.05, 0) is 53.1 Å². The van der Waals surface area contributed by atoms with E-state index in [1.165, 1.54) is 41.9 Å². The molecule has 1 atom stereocenters. The number of benzene rings is 3. The smallest absolute Gasteiger partial charge is 0.270 e. The van der Waals surface area contributed by atoms with Crippen LogP contribution in [0, 0.1) is 23.3 Å². The number of rotatable bonds is 5. The monoisotopic (exact) mass is 418 g/mol. The van der Waals surface area contributed by atoms with E-state index >= 15 is 0 Å². The van der Waals surface area contributed by atoms with Crippen molar-refractivity contribution in [2.24, 2.45) is 0 Å². The van der Waals surface area contributed by atoms with Crippen LogP contribution in [0.1, 0.15) is 22.0 Å². The van der Waals surface area contributed by atoms with Crippen LogP contribution >= 0.6 is 0 Å². The van der Waals surface area contributed by atoms with Crippen molar-refractivity contribution in [3.05, 3.63) is 95.1 Å². The highest BCUT2D eigenvalue weighted by atomic mass is 19.2. The lowest BCUT2D eigenvalue weighted by atomic mass is 9.99. The largest absolute Gasteiger partial charge is 0.336 e. The molecule has 0 radical (unpaired) electrons. The molecule has 0 aromatic heterocycles. The van der Waals surface area contributed by atoms with Gasteiger partial charge in [0.15, 0.2) is 17.5 Å². The summed E-state index contributed by atoms with van der Waals surface area (Å²) in [5.74, 6) is -6.47. The maximum Gasteiger partial charge on any atom is 0.270 e. The van der Waals surface area contributed by atoms with Crippen molar-refractivity contribution in [2.75, 3.05) is 0 Å². The quantitative estimate of drug-likeness (QED) is 0.255. The highest BCUT2D eigenvalue weighted by molar-refractivity contribution is 5.97. The molecule has 154 valence electrons. The van der Waals surface area contributed by atoms with Crippen molar-refractivity contribution in [1.29, 1.82) is 0 Å². The molecule has 5 nitrogen and oxygen atoms in total. The lowest BCUT2D eigenvalue weighted by Crippen LogP contribution is -2.39. The van der Waals surface area contributed by atoms with Crippen molar-refractivity contribution >= 4 is 11.8 Å². The average Bonchev–Trinajstić information content (AvgIpc) is 2.75. The fourth-order valence-corrected chi connectivity index (χ4v) is 2.77. The van der Waals surface area contributed by atoms with E-state index in [1.807, 2.05) is 0 Å². The summed E-state index contributed by atoms with van der Waals surface area (Å²) in [6.45, 7) is 0. The summed E-state index contributed by atoms with van der Waals surface area (Å²) in [6, 6.07) is 10.5. The minimum atomic E-state index is -1.58. The summed E-state index contributed by atoms with van der Waals surface area (Å²) >= 11 is 0. The molecule has 0 aliphatic rings. The van der Waals surface area contributed by atoms with E-state index in [0.717, 1.165) is 24.3 Å². The van der Waals surface area contributed by atoms with Crippen LogP contribution in [0.5, 0.6) is 0 Å². The molecule has 9 heteroatoms. The second-order valence-corrected chi connectivity index (χ2v) is 6.27. The number of halogens is 4. The van der Waals surface area contributed by atoms with Gasteiger partial charge < -0.3 is 5.32 Å². The maximum absolute atomic E-state index is 13.4. The molecule has 0 saturated carbocycles. The first-order chi connectivity index (χ1) is 14.3. The number of hydrogen-bond donors (Lipinski definition) is 3. The van der Waals surface area contributed by atoms with Crippen molar-refractivity contribution in [2.45, 2.75) is 6.04 Å². The van der Waals surface area contributed by atoms with Crippen LogP contribution in [-0.4, -0.2) is 17.0 Å². The molecule has 3 aromatic rings. The van der Waals surface area contributed by atoms with Gasteiger partial charge in [0.05, 0.1) is 0 Å². The van der Waals surface area contributed by atoms with Gasteiger partial charge in [0.1, 0.15) is 11.9 Å². The normalized spacial score (nSPS) is 11.6. The minimum Gasteiger partial charge on any atom is -0.336 e. The fourth-order valence-electron chi connectivity index (χ4n) is 2.77. The zero-order chi connectivity index (χ0) is 21.8. The van der Waals surface area contributed by atoms with Crippen molar-refractivity contribution in [3.8, 4) is 11.1 Å². The van der Waals surface area contributed by atoms with Crippen LogP contribution in [0.3, 0.4) is 0 Å². The lowest BCUT2D eigenvalue weighted by Gasteiger charge is -2.18. The van der Waals surface area contributed by atoms with E-state index in [2.05, 4.69) is 5.32 Å². The Hall–Kier alpha value is -3.72. The SMILES string of the molecule is O=C(NC(C(=O)NO)c1ccc(-c2cc(F)c(F)c(F)c2)cc1)c1ccc(F)cc1. The number of hydroxylamine groups is 1. The average molecular weight is 418 g/mol. The van der Waals surface area contributed by atoms with Gasteiger partial charge in [-0.2, -0.15) is 0 Å². The topological polar surface area (TPSA) is 78.4 Å². The Bertz CT molecular complexity index is 1060. The second kappa shape index (κ2) is 8.75. The van der Waals surface area contributed by atoms with Crippen molar-refractivity contribution < 1.29 is 32.4 Å². The Labute approximate surface area is 167 Å². The van der Waals surface area contributed by atoms with Crippen LogP contribution in [0.2, 0.25) is 0 Å². The summed E-state index contributed by atoms with van der Waals surface area (Å²) < 4.78 is 53.0. The summed E-state index contributed by atoms with van der Waals surface area (Å²) in [6.07, 6.45) is 0. The predicted molar refractivity (Wildman–Crippen MR) is 98.3 cm³/mol. The van der Waals surface area contributed by atoms with E-state index < -0.39 is 41.1 Å². The Morgan fingerprint density at radius 3 is 1.90 bits per heavy atom. The van der Waals surface area contributed by atoms with E-state index in [4.69, 9.17) is 5.21 Å². The van der Waals surface area contributed by atoms with Gasteiger partial charge in [-0.15, -0.1) is 0 Å². The van der Waals surface area contributed by atoms with Crippen LogP contribution < -0.4 is 10.8 Å². The first kappa shape index (κ1) is 21.0. The molecule has 30 heavy (non-hydrogen) atoms. The Morgan fingerprint density at radius 2 is 1.37 bits per heavy atom. The van der Waals surface area contributed by atoms with Gasteiger partial charge in [-0.3, -0.25) is 14.8 Å². The van der Waals surface area contributed by atoms with E-state index in [-0.39, 0.29) is 16.7 Å². The molecule has 0 fully saturated rings. The van der Waals surface area contributed by atoms with Gasteiger partial charge in [0.25, 0.3) is 11.8 Å². The lowest BCUT2D eigenvalue weighted by molar-refractivity contribution is -0.131. The number of nitrogens with one attached hydrogen (secondary N) is 2. The second-order valence-electron chi connectivity index (χ2n) is 6.27. The van der Waals surface area contributed by atoms with Crippen LogP contribution in [0.15, 0.2) is 60.7 Å². The van der Waals surface area contributed by atoms with Crippen molar-refractivity contribution in [3.63, 3.8) is 0 Å². The van der Waals surface area contributed by atoms with Crippen LogP contribution in [0.4, 0.5) is 17.6 Å². The minimum absolute atomic E-state index is 0.0662. The molecule has 3 rings (SSSR count). The van der Waals surface area contributed by atoms with Crippen molar-refractivity contribution in [1.82, 2.24) is 10.8 Å². The Balaban J connectivity index is 1.87. The third-order valence-corrected chi connectivity index (χ3v) is 4.32. The molecule has 0 saturated heterocycles. The van der Waals surface area contributed by atoms with Gasteiger partial charge >= 0.3 is 0 Å². The first-order valence-corrected chi connectivity index (χ1v) is 8.55. The van der Waals surface area contributed by atoms with E-state index in [9.17, 15) is 27.2 Å². The van der Waals surface area contributed by atoms with Gasteiger partial charge in [0.2, 0.25) is 0 Å². The molecular weight excluding hydrogens is 404 g/mol. The number of amides is 2. The van der Waals surface area contributed by atoms with Crippen LogP contribution in [-0.2, 0) is 4.79 Å². The number of carbonyl (C=O) groups excluding carboxylic acids is 2. The predicted octanol–water partition coefficient (Wildman–Crippen LogP) is 3.89. The number of carbonyl (C=O) groups is 2. The molecule has 0 aliphatic heterocycles. The third-order valence-electron chi connectivity index (χ3n) is 4.32. The summed E-state index contributed by atoms with van der Waals surface area (Å²) in [5, 5.41) is 11.4. The summed E-state index contributed by atoms with van der Waals surface area (Å²) in [5.41, 5.74) is 2.16. The van der Waals surface area contributed by atoms with Gasteiger partial charge in [-0.1, -0.05) is 24.3 Å². The Morgan fingerprint density at radius 1 is 0.800 bits per heavy atom. The van der Waals surface area contributed by atoms with Crippen LogP contribution in [0.25, 0.3) is 11.1 Å². The zero-order valence-corrected chi connectivity index (χ0v) is 15.1. The Kier molecular flexibility index (Phi) is 6.12. The molecule has 3 aromatic carbocycles. The molecular formula is C21H14F4N2O3. The zero-order valence-electron chi connectivity index (χ0n) is 15.1. The van der Waals surface area contributed by atoms with Gasteiger partial charge in [0, 0.05) is 5.56 Å².